The number of benzene rings is 6. The molecule has 0 atom stereocenters. The molecular weight excluding hydrogens is 823 g/mol. The molecule has 6 rings (SSSR count). The molecule has 0 amide bonds. The summed E-state index contributed by atoms with van der Waals surface area (Å²) in [4.78, 5) is -1.62. The number of ether oxygens (including phenoxy) is 1. The molecule has 0 bridgehead atoms. The van der Waals surface area contributed by atoms with Gasteiger partial charge < -0.3 is 24.3 Å². The van der Waals surface area contributed by atoms with E-state index in [1.807, 2.05) is 0 Å². The van der Waals surface area contributed by atoms with Crippen LogP contribution in [0.1, 0.15) is 5.56 Å². The van der Waals surface area contributed by atoms with Crippen molar-refractivity contribution in [3.8, 4) is 11.5 Å². The SMILES string of the molecule is COc1cc(N=Nc2cccc(S(=O)(=O)[O-])c2)ccc1N=Nc1ccc(N=Nc2c(S(=O)(=O)O)cc3ccc(Nc4ccc(S(=O)(=O)[O-])cc4)cc3c2[O-])cc1C.[Li+].[Li+].[Li+]. The third-order valence-electron chi connectivity index (χ3n) is 8.00. The molecule has 24 heteroatoms. The van der Waals surface area contributed by atoms with Gasteiger partial charge in [-0.25, -0.2) is 16.8 Å². The Morgan fingerprint density at radius 3 is 1.77 bits per heavy atom. The molecule has 6 aromatic carbocycles. The van der Waals surface area contributed by atoms with E-state index in [1.165, 1.54) is 61.7 Å². The smallest absolute Gasteiger partial charge is 0.871 e. The first-order valence-corrected chi connectivity index (χ1v) is 20.3. The average molecular weight is 850 g/mol. The molecule has 0 spiro atoms. The summed E-state index contributed by atoms with van der Waals surface area (Å²) in [5.41, 5.74) is 2.08. The van der Waals surface area contributed by atoms with E-state index in [1.54, 1.807) is 31.2 Å². The van der Waals surface area contributed by atoms with E-state index in [-0.39, 0.29) is 84.5 Å². The Labute approximate surface area is 380 Å². The van der Waals surface area contributed by atoms with Crippen LogP contribution in [0.3, 0.4) is 0 Å². The van der Waals surface area contributed by atoms with Gasteiger partial charge >= 0.3 is 56.6 Å². The minimum Gasteiger partial charge on any atom is -0.871 e. The summed E-state index contributed by atoms with van der Waals surface area (Å²) in [6.07, 6.45) is 0. The standard InChI is InChI=1S/C36H29N7O11S3.3Li/c1-21-16-26(10-14-31(21)41-42-32-15-11-27(20-33(32)54-2)39-38-25-4-3-5-29(18-25)56(48,49)50)40-43-35-34(57(51,52)53)17-22-6-7-24(19-30(22)36(35)44)37-23-8-12-28(13-9-23)55(45,46)47;;;/h3-20,37,44H,1-2H3,(H,45,46,47)(H,48,49,50)(H,51,52,53);;;/q;3*+1/p-3. The Kier molecular flexibility index (Phi) is 16.8. The van der Waals surface area contributed by atoms with Crippen molar-refractivity contribution < 1.29 is 105 Å². The molecule has 0 heterocycles. The molecule has 0 aromatic heterocycles. The van der Waals surface area contributed by atoms with Gasteiger partial charge in [0, 0.05) is 17.4 Å². The molecule has 0 radical (unpaired) electrons. The number of hydrogen-bond acceptors (Lipinski definition) is 17. The summed E-state index contributed by atoms with van der Waals surface area (Å²) >= 11 is 0. The summed E-state index contributed by atoms with van der Waals surface area (Å²) < 4.78 is 108. The number of azo groups is 3. The van der Waals surface area contributed by atoms with Gasteiger partial charge in [0.15, 0.2) is 0 Å². The number of anilines is 2. The Morgan fingerprint density at radius 1 is 0.600 bits per heavy atom. The van der Waals surface area contributed by atoms with Crippen LogP contribution in [0.4, 0.5) is 45.5 Å². The first-order valence-electron chi connectivity index (χ1n) is 16.1. The van der Waals surface area contributed by atoms with Gasteiger partial charge in [-0.3, -0.25) is 4.55 Å². The molecule has 0 aliphatic heterocycles. The molecule has 0 aliphatic carbocycles. The molecule has 0 saturated carbocycles. The Bertz CT molecular complexity index is 2990. The van der Waals surface area contributed by atoms with Crippen LogP contribution in [0.2, 0.25) is 0 Å². The normalized spacial score (nSPS) is 11.9. The third kappa shape index (κ3) is 12.2. The fourth-order valence-electron chi connectivity index (χ4n) is 5.23. The molecule has 18 nitrogen and oxygen atoms in total. The first kappa shape index (κ1) is 49.7. The maximum atomic E-state index is 13.6. The molecule has 292 valence electrons. The zero-order valence-corrected chi connectivity index (χ0v) is 34.8. The monoisotopic (exact) mass is 849 g/mol. The van der Waals surface area contributed by atoms with Crippen molar-refractivity contribution in [3.05, 3.63) is 115 Å². The molecule has 6 aromatic rings. The summed E-state index contributed by atoms with van der Waals surface area (Å²) in [6.45, 7) is 1.70. The second-order valence-corrected chi connectivity index (χ2v) is 16.1. The van der Waals surface area contributed by atoms with Gasteiger partial charge in [-0.2, -0.15) is 28.9 Å². The van der Waals surface area contributed by atoms with Crippen LogP contribution in [0.15, 0.2) is 155 Å². The summed E-state index contributed by atoms with van der Waals surface area (Å²) in [7, 11) is -12.8. The molecule has 0 fully saturated rings. The Balaban J connectivity index is 0.00000320. The van der Waals surface area contributed by atoms with Crippen LogP contribution in [0, 0.1) is 6.92 Å². The summed E-state index contributed by atoms with van der Waals surface area (Å²) in [6, 6.07) is 24.7. The van der Waals surface area contributed by atoms with Gasteiger partial charge in [0.05, 0.1) is 45.3 Å². The zero-order valence-electron chi connectivity index (χ0n) is 32.3. The van der Waals surface area contributed by atoms with Gasteiger partial charge in [0.2, 0.25) is 0 Å². The van der Waals surface area contributed by atoms with Crippen LogP contribution >= 0.6 is 0 Å². The molecular formula is C36H26Li3N7O11S3. The van der Waals surface area contributed by atoms with E-state index in [0.717, 1.165) is 30.3 Å². The van der Waals surface area contributed by atoms with Crippen molar-refractivity contribution in [1.29, 1.82) is 0 Å². The van der Waals surface area contributed by atoms with E-state index in [4.69, 9.17) is 4.74 Å². The minimum absolute atomic E-state index is 0. The molecule has 0 unspecified atom stereocenters. The van der Waals surface area contributed by atoms with Crippen molar-refractivity contribution in [3.63, 3.8) is 0 Å². The van der Waals surface area contributed by atoms with Gasteiger partial charge in [0.1, 0.15) is 36.6 Å². The van der Waals surface area contributed by atoms with Crippen molar-refractivity contribution in [2.45, 2.75) is 21.6 Å². The number of rotatable bonds is 12. The maximum Gasteiger partial charge on any atom is 1.00 e. The topological polar surface area (TPSA) is 287 Å². The Hall–Kier alpha value is -4.70. The van der Waals surface area contributed by atoms with Gasteiger partial charge in [-0.15, -0.1) is 10.2 Å². The predicted molar refractivity (Wildman–Crippen MR) is 202 cm³/mol. The van der Waals surface area contributed by atoms with E-state index >= 15 is 0 Å². The molecule has 0 saturated heterocycles. The third-order valence-corrected chi connectivity index (χ3v) is 10.6. The quantitative estimate of drug-likeness (QED) is 0.0877. The average Bonchev–Trinajstić information content (AvgIpc) is 3.16. The van der Waals surface area contributed by atoms with Crippen molar-refractivity contribution in [2.24, 2.45) is 30.7 Å². The van der Waals surface area contributed by atoms with Gasteiger partial charge in [-0.05, 0) is 114 Å². The van der Waals surface area contributed by atoms with Crippen LogP contribution in [-0.2, 0) is 30.4 Å². The van der Waals surface area contributed by atoms with Crippen molar-refractivity contribution in [2.75, 3.05) is 12.4 Å². The van der Waals surface area contributed by atoms with Crippen LogP contribution in [0.25, 0.3) is 10.8 Å². The number of fused-ring (bicyclic) bond motifs is 1. The van der Waals surface area contributed by atoms with Crippen LogP contribution < -0.4 is 71.7 Å². The molecule has 0 aliphatic rings. The second kappa shape index (κ2) is 20.2. The number of nitrogens with zero attached hydrogens (tertiary/aromatic N) is 6. The zero-order chi connectivity index (χ0) is 41.1. The largest absolute Gasteiger partial charge is 1.00 e. The van der Waals surface area contributed by atoms with Gasteiger partial charge in [-0.1, -0.05) is 17.9 Å². The summed E-state index contributed by atoms with van der Waals surface area (Å²) in [5.74, 6) is -0.574. The van der Waals surface area contributed by atoms with Gasteiger partial charge in [0.25, 0.3) is 10.1 Å². The fourth-order valence-corrected chi connectivity index (χ4v) is 6.86. The number of hydrogen-bond donors (Lipinski definition) is 2. The second-order valence-electron chi connectivity index (χ2n) is 11.9. The minimum atomic E-state index is -4.93. The van der Waals surface area contributed by atoms with E-state index in [2.05, 4.69) is 36.0 Å². The van der Waals surface area contributed by atoms with E-state index < -0.39 is 56.5 Å². The number of nitrogens with one attached hydrogen (secondary N) is 1. The maximum absolute atomic E-state index is 13.6. The van der Waals surface area contributed by atoms with Crippen LogP contribution in [0.5, 0.6) is 11.5 Å². The molecule has 60 heavy (non-hydrogen) atoms. The molecule has 2 N–H and O–H groups in total. The summed E-state index contributed by atoms with van der Waals surface area (Å²) in [5, 5.41) is 41.3. The Morgan fingerprint density at radius 2 is 1.17 bits per heavy atom. The van der Waals surface area contributed by atoms with Crippen molar-refractivity contribution in [1.82, 2.24) is 0 Å². The van der Waals surface area contributed by atoms with E-state index in [0.29, 0.717) is 34.0 Å². The first-order chi connectivity index (χ1) is 26.9. The number of methoxy groups -OCH3 is 1. The van der Waals surface area contributed by atoms with E-state index in [9.17, 15) is 44.0 Å². The number of aryl methyl sites for hydroxylation is 1. The fraction of sp³-hybridized carbons (Fsp3) is 0.0556. The predicted octanol–water partition coefficient (Wildman–Crippen LogP) is -0.713. The van der Waals surface area contributed by atoms with Crippen molar-refractivity contribution >= 4 is 86.6 Å². The van der Waals surface area contributed by atoms with Crippen LogP contribution in [-0.4, -0.2) is 46.0 Å².